The van der Waals surface area contributed by atoms with Gasteiger partial charge in [-0.15, -0.1) is 0 Å². The summed E-state index contributed by atoms with van der Waals surface area (Å²) in [6, 6.07) is 14.3. The van der Waals surface area contributed by atoms with E-state index in [0.717, 1.165) is 5.56 Å². The second kappa shape index (κ2) is 8.06. The molecule has 0 aliphatic rings. The van der Waals surface area contributed by atoms with Crippen molar-refractivity contribution in [2.24, 2.45) is 0 Å². The van der Waals surface area contributed by atoms with Gasteiger partial charge in [-0.1, -0.05) is 51.1 Å². The molecule has 26 heavy (non-hydrogen) atoms. The molecule has 0 unspecified atom stereocenters. The van der Waals surface area contributed by atoms with Crippen molar-refractivity contribution in [3.63, 3.8) is 0 Å². The van der Waals surface area contributed by atoms with Crippen LogP contribution < -0.4 is 0 Å². The molecule has 1 N–H and O–H groups in total. The van der Waals surface area contributed by atoms with Crippen molar-refractivity contribution in [1.82, 2.24) is 0 Å². The van der Waals surface area contributed by atoms with E-state index in [-0.39, 0.29) is 24.0 Å². The van der Waals surface area contributed by atoms with Gasteiger partial charge in [-0.05, 0) is 41.9 Å². The van der Waals surface area contributed by atoms with Crippen LogP contribution in [0.25, 0.3) is 0 Å². The van der Waals surface area contributed by atoms with Gasteiger partial charge in [0.1, 0.15) is 12.4 Å². The Labute approximate surface area is 156 Å². The molecule has 2 aromatic rings. The van der Waals surface area contributed by atoms with Gasteiger partial charge in [0.05, 0.1) is 12.2 Å². The molecule has 0 radical (unpaired) electrons. The first-order chi connectivity index (χ1) is 12.1. The summed E-state index contributed by atoms with van der Waals surface area (Å²) >= 11 is 0. The second-order valence-electron chi connectivity index (χ2n) is 7.95. The highest BCUT2D eigenvalue weighted by Crippen LogP contribution is 2.37. The Balaban J connectivity index is 2.05. The summed E-state index contributed by atoms with van der Waals surface area (Å²) in [5.74, 6) is -0.286. The lowest BCUT2D eigenvalue weighted by Crippen LogP contribution is -2.40. The predicted octanol–water partition coefficient (Wildman–Crippen LogP) is 5.27. The van der Waals surface area contributed by atoms with E-state index in [4.69, 9.17) is 9.16 Å². The van der Waals surface area contributed by atoms with Crippen molar-refractivity contribution >= 4 is 14.3 Å². The Bertz CT molecular complexity index is 748. The molecule has 2 aromatic carbocycles. The average Bonchev–Trinajstić information content (AvgIpc) is 2.59. The fourth-order valence-corrected chi connectivity index (χ4v) is 3.06. The first-order valence-corrected chi connectivity index (χ1v) is 11.7. The molecule has 0 aliphatic carbocycles. The smallest absolute Gasteiger partial charge is 0.338 e. The number of carbonyl (C=O) groups excluding carboxylic acids is 1. The lowest BCUT2D eigenvalue weighted by molar-refractivity contribution is 0.0472. The van der Waals surface area contributed by atoms with Crippen LogP contribution >= 0.6 is 0 Å². The normalized spacial score (nSPS) is 12.0. The molecule has 0 bridgehead atoms. The number of carbonyl (C=O) groups is 1. The molecule has 0 amide bonds. The maximum Gasteiger partial charge on any atom is 0.338 e. The van der Waals surface area contributed by atoms with Crippen LogP contribution in [0.4, 0.5) is 0 Å². The fraction of sp³-hybridized carbons (Fsp3) is 0.381. The third-order valence-electron chi connectivity index (χ3n) is 4.92. The third kappa shape index (κ3) is 5.19. The Morgan fingerprint density at radius 2 is 1.69 bits per heavy atom. The van der Waals surface area contributed by atoms with E-state index in [9.17, 15) is 9.90 Å². The van der Waals surface area contributed by atoms with Crippen molar-refractivity contribution in [1.29, 1.82) is 0 Å². The molecule has 0 spiro atoms. The maximum absolute atomic E-state index is 12.3. The number of ether oxygens (including phenoxy) is 1. The number of benzene rings is 2. The van der Waals surface area contributed by atoms with Gasteiger partial charge in [0, 0.05) is 5.56 Å². The van der Waals surface area contributed by atoms with Gasteiger partial charge in [0.25, 0.3) is 0 Å². The van der Waals surface area contributed by atoms with Gasteiger partial charge in [0.2, 0.25) is 0 Å². The molecule has 0 saturated heterocycles. The molecule has 0 atom stereocenters. The number of hydrogen-bond donors (Lipinski definition) is 1. The molecule has 4 nitrogen and oxygen atoms in total. The Morgan fingerprint density at radius 3 is 2.31 bits per heavy atom. The molecular weight excluding hydrogens is 344 g/mol. The van der Waals surface area contributed by atoms with Crippen LogP contribution in [-0.4, -0.2) is 19.4 Å². The van der Waals surface area contributed by atoms with Gasteiger partial charge in [-0.25, -0.2) is 4.79 Å². The van der Waals surface area contributed by atoms with Crippen LogP contribution in [0.2, 0.25) is 18.1 Å². The van der Waals surface area contributed by atoms with Crippen molar-refractivity contribution < 1.29 is 19.1 Å². The number of rotatable bonds is 6. The molecule has 2 rings (SSSR count). The van der Waals surface area contributed by atoms with Crippen LogP contribution in [0.3, 0.4) is 0 Å². The largest absolute Gasteiger partial charge is 0.508 e. The van der Waals surface area contributed by atoms with E-state index >= 15 is 0 Å². The number of hydrogen-bond acceptors (Lipinski definition) is 4. The maximum atomic E-state index is 12.3. The summed E-state index contributed by atoms with van der Waals surface area (Å²) in [5, 5.41) is 10.2. The molecule has 0 saturated carbocycles. The highest BCUT2D eigenvalue weighted by Gasteiger charge is 2.37. The van der Waals surface area contributed by atoms with Gasteiger partial charge in [-0.3, -0.25) is 0 Å². The van der Waals surface area contributed by atoms with Gasteiger partial charge >= 0.3 is 5.97 Å². The Hall–Kier alpha value is -2.11. The summed E-state index contributed by atoms with van der Waals surface area (Å²) in [4.78, 5) is 12.3. The first-order valence-electron chi connectivity index (χ1n) is 8.77. The second-order valence-corrected chi connectivity index (χ2v) is 12.8. The quantitative estimate of drug-likeness (QED) is 0.554. The third-order valence-corrected chi connectivity index (χ3v) is 9.40. The molecule has 0 fully saturated rings. The number of phenols is 1. The standard InChI is InChI=1S/C21H28O4Si/c1-21(2,3)26(4,5)25-15-18-13-17(11-12-19(18)22)20(23)24-14-16-9-7-6-8-10-16/h6-13,22H,14-15H2,1-5H3. The highest BCUT2D eigenvalue weighted by atomic mass is 28.4. The van der Waals surface area contributed by atoms with Crippen LogP contribution in [-0.2, 0) is 22.4 Å². The predicted molar refractivity (Wildman–Crippen MR) is 106 cm³/mol. The van der Waals surface area contributed by atoms with E-state index in [0.29, 0.717) is 11.1 Å². The number of esters is 1. The van der Waals surface area contributed by atoms with E-state index in [1.54, 1.807) is 12.1 Å². The minimum absolute atomic E-state index is 0.0782. The minimum Gasteiger partial charge on any atom is -0.508 e. The Kier molecular flexibility index (Phi) is 6.26. The monoisotopic (exact) mass is 372 g/mol. The zero-order valence-corrected chi connectivity index (χ0v) is 17.2. The number of aromatic hydroxyl groups is 1. The van der Waals surface area contributed by atoms with E-state index < -0.39 is 14.3 Å². The summed E-state index contributed by atoms with van der Waals surface area (Å²) in [6.07, 6.45) is 0. The van der Waals surface area contributed by atoms with Crippen molar-refractivity contribution in [2.75, 3.05) is 0 Å². The van der Waals surface area contributed by atoms with Crippen molar-refractivity contribution in [3.8, 4) is 5.75 Å². The van der Waals surface area contributed by atoms with Crippen molar-refractivity contribution in [2.45, 2.75) is 52.1 Å². The van der Waals surface area contributed by atoms with E-state index in [1.165, 1.54) is 6.07 Å². The zero-order chi connectivity index (χ0) is 19.4. The summed E-state index contributed by atoms with van der Waals surface area (Å²) in [7, 11) is -1.94. The fourth-order valence-electron chi connectivity index (χ4n) is 2.11. The molecule has 0 heterocycles. The lowest BCUT2D eigenvalue weighted by atomic mass is 10.1. The van der Waals surface area contributed by atoms with Gasteiger partial charge in [0.15, 0.2) is 8.32 Å². The van der Waals surface area contributed by atoms with Gasteiger partial charge < -0.3 is 14.3 Å². The van der Waals surface area contributed by atoms with Crippen LogP contribution in [0.1, 0.15) is 42.3 Å². The van der Waals surface area contributed by atoms with Crippen LogP contribution in [0, 0.1) is 0 Å². The molecule has 140 valence electrons. The molecular formula is C21H28O4Si. The zero-order valence-electron chi connectivity index (χ0n) is 16.2. The summed E-state index contributed by atoms with van der Waals surface area (Å²) in [5.41, 5.74) is 1.94. The minimum atomic E-state index is -1.94. The molecule has 5 heteroatoms. The molecule has 0 aromatic heterocycles. The lowest BCUT2D eigenvalue weighted by Gasteiger charge is -2.36. The number of phenolic OH excluding ortho intramolecular Hbond substituents is 1. The molecule has 0 aliphatic heterocycles. The van der Waals surface area contributed by atoms with E-state index in [2.05, 4.69) is 33.9 Å². The van der Waals surface area contributed by atoms with Crippen LogP contribution in [0.15, 0.2) is 48.5 Å². The average molecular weight is 373 g/mol. The first kappa shape index (κ1) is 20.2. The SMILES string of the molecule is CC(C)(C)[Si](C)(C)OCc1cc(C(=O)OCc2ccccc2)ccc1O. The van der Waals surface area contributed by atoms with E-state index in [1.807, 2.05) is 30.3 Å². The van der Waals surface area contributed by atoms with Gasteiger partial charge in [-0.2, -0.15) is 0 Å². The summed E-state index contributed by atoms with van der Waals surface area (Å²) < 4.78 is 11.5. The topological polar surface area (TPSA) is 55.8 Å². The van der Waals surface area contributed by atoms with Crippen molar-refractivity contribution in [3.05, 3.63) is 65.2 Å². The van der Waals surface area contributed by atoms with Crippen LogP contribution in [0.5, 0.6) is 5.75 Å². The highest BCUT2D eigenvalue weighted by molar-refractivity contribution is 6.74. The Morgan fingerprint density at radius 1 is 1.04 bits per heavy atom. The summed E-state index contributed by atoms with van der Waals surface area (Å²) in [6.45, 7) is 11.3.